The molecule has 2 aromatic rings. The third kappa shape index (κ3) is 3.07. The monoisotopic (exact) mass is 323 g/mol. The number of ether oxygens (including phenoxy) is 2. The van der Waals surface area contributed by atoms with E-state index < -0.39 is 0 Å². The van der Waals surface area contributed by atoms with Crippen molar-refractivity contribution < 1.29 is 14.3 Å². The zero-order chi connectivity index (χ0) is 16.5. The molecule has 1 aliphatic heterocycles. The Bertz CT molecular complexity index is 727. The van der Waals surface area contributed by atoms with Gasteiger partial charge in [-0.3, -0.25) is 10.1 Å². The number of methoxy groups -OCH3 is 1. The molecule has 124 valence electrons. The molecule has 2 fully saturated rings. The third-order valence-corrected chi connectivity index (χ3v) is 4.74. The average Bonchev–Trinajstić information content (AvgIpc) is 3.54. The quantitative estimate of drug-likeness (QED) is 0.655. The molecule has 4 heteroatoms. The molecule has 0 spiro atoms. The van der Waals surface area contributed by atoms with Crippen LogP contribution in [-0.4, -0.2) is 25.3 Å². The van der Waals surface area contributed by atoms with Gasteiger partial charge in [0.25, 0.3) is 0 Å². The van der Waals surface area contributed by atoms with E-state index in [-0.39, 0.29) is 24.3 Å². The maximum Gasteiger partial charge on any atom is 0.323 e. The van der Waals surface area contributed by atoms with Crippen LogP contribution in [0.2, 0.25) is 0 Å². The summed E-state index contributed by atoms with van der Waals surface area (Å²) in [6.07, 6.45) is 2.00. The lowest BCUT2D eigenvalue weighted by molar-refractivity contribution is -0.144. The molecule has 2 aromatic carbocycles. The van der Waals surface area contributed by atoms with Gasteiger partial charge in [-0.05, 0) is 35.4 Å². The minimum absolute atomic E-state index is 0.0210. The Morgan fingerprint density at radius 3 is 2.54 bits per heavy atom. The second kappa shape index (κ2) is 6.38. The van der Waals surface area contributed by atoms with Gasteiger partial charge in [0.05, 0.1) is 7.11 Å². The largest absolute Gasteiger partial charge is 0.468 e. The van der Waals surface area contributed by atoms with Gasteiger partial charge in [-0.25, -0.2) is 0 Å². The van der Waals surface area contributed by atoms with Crippen LogP contribution >= 0.6 is 0 Å². The number of rotatable bonds is 6. The van der Waals surface area contributed by atoms with Crippen molar-refractivity contribution >= 4 is 5.97 Å². The second-order valence-electron chi connectivity index (χ2n) is 6.44. The van der Waals surface area contributed by atoms with Crippen LogP contribution in [0.15, 0.2) is 54.6 Å². The van der Waals surface area contributed by atoms with Gasteiger partial charge in [-0.1, -0.05) is 54.6 Å². The van der Waals surface area contributed by atoms with Crippen LogP contribution < -0.4 is 5.32 Å². The van der Waals surface area contributed by atoms with E-state index in [9.17, 15) is 4.79 Å². The molecule has 3 atom stereocenters. The fraction of sp³-hybridized carbons (Fsp3) is 0.350. The van der Waals surface area contributed by atoms with Crippen LogP contribution in [-0.2, 0) is 14.3 Å². The fourth-order valence-electron chi connectivity index (χ4n) is 3.23. The summed E-state index contributed by atoms with van der Waals surface area (Å²) in [5, 5.41) is 3.33. The van der Waals surface area contributed by atoms with Crippen LogP contribution in [0, 0.1) is 5.92 Å². The molecule has 0 amide bonds. The first-order valence-corrected chi connectivity index (χ1v) is 8.41. The van der Waals surface area contributed by atoms with Crippen molar-refractivity contribution in [1.82, 2.24) is 5.32 Å². The summed E-state index contributed by atoms with van der Waals surface area (Å²) in [7, 11) is 1.44. The highest BCUT2D eigenvalue weighted by Crippen LogP contribution is 2.43. The van der Waals surface area contributed by atoms with E-state index in [0.29, 0.717) is 5.92 Å². The van der Waals surface area contributed by atoms with Crippen molar-refractivity contribution in [1.29, 1.82) is 0 Å². The van der Waals surface area contributed by atoms with Crippen LogP contribution in [0.4, 0.5) is 0 Å². The second-order valence-corrected chi connectivity index (χ2v) is 6.44. The van der Waals surface area contributed by atoms with E-state index in [1.807, 2.05) is 30.3 Å². The molecule has 1 aliphatic carbocycles. The Labute approximate surface area is 141 Å². The van der Waals surface area contributed by atoms with Gasteiger partial charge >= 0.3 is 5.97 Å². The normalized spacial score (nSPS) is 23.5. The number of hydrogen-bond donors (Lipinski definition) is 1. The van der Waals surface area contributed by atoms with Gasteiger partial charge in [0.1, 0.15) is 18.4 Å². The standard InChI is InChI=1S/C20H21NO3/c1-23-20(22)17(14-11-12-14)21-19-18(24-19)16-10-6-5-9-15(16)13-7-3-2-4-8-13/h2-10,14,17-19,21H,11-12H2,1H3/t17-,18?,19?/m0/s1. The van der Waals surface area contributed by atoms with Gasteiger partial charge in [0.2, 0.25) is 0 Å². The molecule has 24 heavy (non-hydrogen) atoms. The summed E-state index contributed by atoms with van der Waals surface area (Å²) < 4.78 is 10.8. The molecule has 2 aliphatic rings. The lowest BCUT2D eigenvalue weighted by Gasteiger charge is -2.14. The zero-order valence-electron chi connectivity index (χ0n) is 13.6. The Balaban J connectivity index is 1.51. The first kappa shape index (κ1) is 15.4. The van der Waals surface area contributed by atoms with Crippen molar-refractivity contribution in [3.8, 4) is 11.1 Å². The highest BCUT2D eigenvalue weighted by atomic mass is 16.6. The van der Waals surface area contributed by atoms with E-state index in [0.717, 1.165) is 18.4 Å². The lowest BCUT2D eigenvalue weighted by Crippen LogP contribution is -2.41. The summed E-state index contributed by atoms with van der Waals surface area (Å²) in [5.74, 6) is 0.190. The molecular formula is C20H21NO3. The third-order valence-electron chi connectivity index (χ3n) is 4.74. The number of nitrogens with one attached hydrogen (secondary N) is 1. The Morgan fingerprint density at radius 2 is 1.83 bits per heavy atom. The van der Waals surface area contributed by atoms with Gasteiger partial charge in [0.15, 0.2) is 0 Å². The highest BCUT2D eigenvalue weighted by molar-refractivity contribution is 5.76. The predicted molar refractivity (Wildman–Crippen MR) is 91.2 cm³/mol. The van der Waals surface area contributed by atoms with Gasteiger partial charge in [-0.15, -0.1) is 0 Å². The number of hydrogen-bond acceptors (Lipinski definition) is 4. The summed E-state index contributed by atoms with van der Waals surface area (Å²) in [5.41, 5.74) is 3.50. The maximum absolute atomic E-state index is 11.9. The summed E-state index contributed by atoms with van der Waals surface area (Å²) >= 11 is 0. The predicted octanol–water partition coefficient (Wildman–Crippen LogP) is 3.29. The number of carbonyl (C=O) groups excluding carboxylic acids is 1. The number of esters is 1. The number of benzene rings is 2. The average molecular weight is 323 g/mol. The SMILES string of the molecule is COC(=O)[C@@H](NC1OC1c1ccccc1-c1ccccc1)C1CC1. The molecule has 2 unspecified atom stereocenters. The van der Waals surface area contributed by atoms with Gasteiger partial charge in [-0.2, -0.15) is 0 Å². The highest BCUT2D eigenvalue weighted by Gasteiger charge is 2.47. The molecule has 4 nitrogen and oxygen atoms in total. The van der Waals surface area contributed by atoms with E-state index in [4.69, 9.17) is 9.47 Å². The number of epoxide rings is 1. The first-order chi connectivity index (χ1) is 11.8. The molecule has 1 saturated heterocycles. The van der Waals surface area contributed by atoms with Gasteiger partial charge in [0, 0.05) is 0 Å². The molecule has 0 aromatic heterocycles. The minimum Gasteiger partial charge on any atom is -0.468 e. The van der Waals surface area contributed by atoms with E-state index in [2.05, 4.69) is 29.6 Å². The van der Waals surface area contributed by atoms with Crippen LogP contribution in [0.3, 0.4) is 0 Å². The lowest BCUT2D eigenvalue weighted by atomic mass is 9.97. The summed E-state index contributed by atoms with van der Waals surface area (Å²) in [4.78, 5) is 11.9. The van der Waals surface area contributed by atoms with Crippen LogP contribution in [0.25, 0.3) is 11.1 Å². The van der Waals surface area contributed by atoms with E-state index in [1.165, 1.54) is 18.2 Å². The minimum atomic E-state index is -0.256. The van der Waals surface area contributed by atoms with E-state index >= 15 is 0 Å². The van der Waals surface area contributed by atoms with Crippen LogP contribution in [0.1, 0.15) is 24.5 Å². The van der Waals surface area contributed by atoms with Crippen molar-refractivity contribution in [2.24, 2.45) is 5.92 Å². The van der Waals surface area contributed by atoms with Crippen molar-refractivity contribution in [2.75, 3.05) is 7.11 Å². The maximum atomic E-state index is 11.9. The Morgan fingerprint density at radius 1 is 1.12 bits per heavy atom. The summed E-state index contributed by atoms with van der Waals surface area (Å²) in [6, 6.07) is 18.3. The molecule has 1 heterocycles. The van der Waals surface area contributed by atoms with Crippen molar-refractivity contribution in [2.45, 2.75) is 31.2 Å². The smallest absolute Gasteiger partial charge is 0.323 e. The van der Waals surface area contributed by atoms with Crippen molar-refractivity contribution in [3.63, 3.8) is 0 Å². The molecule has 4 rings (SSSR count). The number of carbonyl (C=O) groups is 1. The molecule has 1 N–H and O–H groups in total. The Hall–Kier alpha value is -2.17. The van der Waals surface area contributed by atoms with Crippen molar-refractivity contribution in [3.05, 3.63) is 60.2 Å². The van der Waals surface area contributed by atoms with Gasteiger partial charge < -0.3 is 9.47 Å². The zero-order valence-corrected chi connectivity index (χ0v) is 13.6. The van der Waals surface area contributed by atoms with E-state index in [1.54, 1.807) is 0 Å². The van der Waals surface area contributed by atoms with Crippen LogP contribution in [0.5, 0.6) is 0 Å². The Kier molecular flexibility index (Phi) is 4.08. The topological polar surface area (TPSA) is 50.9 Å². The molecule has 0 radical (unpaired) electrons. The molecular weight excluding hydrogens is 302 g/mol. The summed E-state index contributed by atoms with van der Waals surface area (Å²) in [6.45, 7) is 0. The molecule has 0 bridgehead atoms. The fourth-order valence-corrected chi connectivity index (χ4v) is 3.23. The molecule has 1 saturated carbocycles. The first-order valence-electron chi connectivity index (χ1n) is 8.41.